The van der Waals surface area contributed by atoms with Gasteiger partial charge in [-0.15, -0.1) is 11.3 Å². The van der Waals surface area contributed by atoms with Crippen LogP contribution >= 0.6 is 11.3 Å². The normalized spacial score (nSPS) is 12.1. The van der Waals surface area contributed by atoms with Gasteiger partial charge < -0.3 is 15.7 Å². The van der Waals surface area contributed by atoms with Gasteiger partial charge in [-0.1, -0.05) is 12.1 Å². The second kappa shape index (κ2) is 6.69. The van der Waals surface area contributed by atoms with Gasteiger partial charge in [-0.25, -0.2) is 4.98 Å². The van der Waals surface area contributed by atoms with Crippen molar-refractivity contribution >= 4 is 17.2 Å². The SMILES string of the molecule is Cc1nc(CN(C)C(=O)[C@@H](N)Cc2ccc(O)cc2)cs1. The number of hydrogen-bond acceptors (Lipinski definition) is 5. The van der Waals surface area contributed by atoms with E-state index < -0.39 is 6.04 Å². The maximum atomic E-state index is 12.3. The fourth-order valence-corrected chi connectivity index (χ4v) is 2.66. The number of carbonyl (C=O) groups excluding carboxylic acids is 1. The topological polar surface area (TPSA) is 79.5 Å². The highest BCUT2D eigenvalue weighted by molar-refractivity contribution is 7.09. The van der Waals surface area contributed by atoms with Gasteiger partial charge >= 0.3 is 0 Å². The lowest BCUT2D eigenvalue weighted by Gasteiger charge is -2.20. The predicted molar refractivity (Wildman–Crippen MR) is 83.1 cm³/mol. The van der Waals surface area contributed by atoms with Crippen LogP contribution < -0.4 is 5.73 Å². The zero-order valence-corrected chi connectivity index (χ0v) is 12.9. The number of aromatic nitrogens is 1. The molecule has 1 aromatic heterocycles. The number of nitrogens with zero attached hydrogens (tertiary/aromatic N) is 2. The standard InChI is InChI=1S/C15H19N3O2S/c1-10-17-12(9-21-10)8-18(2)15(20)14(16)7-11-3-5-13(19)6-4-11/h3-6,9,14,19H,7-8,16H2,1-2H3/t14-/m0/s1. The molecule has 2 rings (SSSR count). The molecule has 112 valence electrons. The van der Waals surface area contributed by atoms with Crippen LogP contribution in [-0.4, -0.2) is 34.0 Å². The Bertz CT molecular complexity index is 610. The number of likely N-dealkylation sites (N-methyl/N-ethyl adjacent to an activating group) is 1. The number of phenolic OH excluding ortho intramolecular Hbond substituents is 1. The number of aryl methyl sites for hydroxylation is 1. The first-order chi connectivity index (χ1) is 9.95. The highest BCUT2D eigenvalue weighted by Gasteiger charge is 2.19. The molecule has 0 radical (unpaired) electrons. The number of benzene rings is 1. The van der Waals surface area contributed by atoms with Crippen molar-refractivity contribution in [3.8, 4) is 5.75 Å². The molecule has 0 bridgehead atoms. The number of hydrogen-bond donors (Lipinski definition) is 2. The van der Waals surface area contributed by atoms with E-state index in [1.165, 1.54) is 0 Å². The van der Waals surface area contributed by atoms with Gasteiger partial charge in [0.25, 0.3) is 0 Å². The van der Waals surface area contributed by atoms with Gasteiger partial charge in [-0.05, 0) is 31.0 Å². The second-order valence-corrected chi connectivity index (χ2v) is 6.09. The molecule has 1 aromatic carbocycles. The minimum absolute atomic E-state index is 0.117. The monoisotopic (exact) mass is 305 g/mol. The second-order valence-electron chi connectivity index (χ2n) is 5.03. The molecule has 5 nitrogen and oxygen atoms in total. The van der Waals surface area contributed by atoms with E-state index in [1.54, 1.807) is 47.5 Å². The summed E-state index contributed by atoms with van der Waals surface area (Å²) in [5.74, 6) is 0.0865. The van der Waals surface area contributed by atoms with Crippen LogP contribution in [0, 0.1) is 6.92 Å². The molecule has 0 spiro atoms. The van der Waals surface area contributed by atoms with Crippen molar-refractivity contribution in [3.05, 3.63) is 45.9 Å². The highest BCUT2D eigenvalue weighted by Crippen LogP contribution is 2.13. The summed E-state index contributed by atoms with van der Waals surface area (Å²) in [4.78, 5) is 18.2. The zero-order chi connectivity index (χ0) is 15.4. The summed E-state index contributed by atoms with van der Waals surface area (Å²) < 4.78 is 0. The number of phenols is 1. The van der Waals surface area contributed by atoms with Gasteiger partial charge in [0.15, 0.2) is 0 Å². The van der Waals surface area contributed by atoms with Crippen molar-refractivity contribution in [1.29, 1.82) is 0 Å². The molecule has 0 fully saturated rings. The van der Waals surface area contributed by atoms with Gasteiger partial charge in [0, 0.05) is 12.4 Å². The average Bonchev–Trinajstić information content (AvgIpc) is 2.85. The first-order valence-electron chi connectivity index (χ1n) is 6.65. The summed E-state index contributed by atoms with van der Waals surface area (Å²) in [5, 5.41) is 12.2. The van der Waals surface area contributed by atoms with E-state index >= 15 is 0 Å². The van der Waals surface area contributed by atoms with Crippen LogP contribution in [0.25, 0.3) is 0 Å². The Morgan fingerprint density at radius 2 is 2.10 bits per heavy atom. The number of aromatic hydroxyl groups is 1. The molecule has 0 aliphatic heterocycles. The molecule has 0 unspecified atom stereocenters. The average molecular weight is 305 g/mol. The fourth-order valence-electron chi connectivity index (χ4n) is 2.06. The van der Waals surface area contributed by atoms with Gasteiger partial charge in [0.1, 0.15) is 5.75 Å². The van der Waals surface area contributed by atoms with Crippen LogP contribution in [0.2, 0.25) is 0 Å². The molecular weight excluding hydrogens is 286 g/mol. The maximum Gasteiger partial charge on any atom is 0.239 e. The summed E-state index contributed by atoms with van der Waals surface area (Å²) in [6.45, 7) is 2.40. The van der Waals surface area contributed by atoms with E-state index in [2.05, 4.69) is 4.98 Å². The molecule has 1 atom stereocenters. The molecule has 1 heterocycles. The lowest BCUT2D eigenvalue weighted by Crippen LogP contribution is -2.42. The first kappa shape index (κ1) is 15.5. The Balaban J connectivity index is 1.93. The third-order valence-electron chi connectivity index (χ3n) is 3.15. The smallest absolute Gasteiger partial charge is 0.239 e. The molecular formula is C15H19N3O2S. The number of nitrogens with two attached hydrogens (primary N) is 1. The van der Waals surface area contributed by atoms with E-state index in [-0.39, 0.29) is 11.7 Å². The number of carbonyl (C=O) groups is 1. The van der Waals surface area contributed by atoms with Crippen molar-refractivity contribution in [3.63, 3.8) is 0 Å². The van der Waals surface area contributed by atoms with E-state index in [1.807, 2.05) is 12.3 Å². The van der Waals surface area contributed by atoms with Crippen LogP contribution in [0.15, 0.2) is 29.6 Å². The van der Waals surface area contributed by atoms with Crippen LogP contribution in [0.4, 0.5) is 0 Å². The predicted octanol–water partition coefficient (Wildman–Crippen LogP) is 1.69. The summed E-state index contributed by atoms with van der Waals surface area (Å²) in [5.41, 5.74) is 7.78. The number of rotatable bonds is 5. The van der Waals surface area contributed by atoms with Crippen molar-refractivity contribution < 1.29 is 9.90 Å². The molecule has 0 aliphatic carbocycles. The Kier molecular flexibility index (Phi) is 4.93. The minimum atomic E-state index is -0.598. The van der Waals surface area contributed by atoms with Crippen molar-refractivity contribution in [2.45, 2.75) is 25.9 Å². The van der Waals surface area contributed by atoms with Gasteiger partial charge in [-0.3, -0.25) is 4.79 Å². The van der Waals surface area contributed by atoms with E-state index in [0.717, 1.165) is 16.3 Å². The third kappa shape index (κ3) is 4.27. The van der Waals surface area contributed by atoms with E-state index in [4.69, 9.17) is 5.73 Å². The van der Waals surface area contributed by atoms with Crippen LogP contribution in [-0.2, 0) is 17.8 Å². The Morgan fingerprint density at radius 1 is 1.43 bits per heavy atom. The third-order valence-corrected chi connectivity index (χ3v) is 3.97. The Labute approximate surface area is 128 Å². The summed E-state index contributed by atoms with van der Waals surface area (Å²) in [6, 6.07) is 6.13. The first-order valence-corrected chi connectivity index (χ1v) is 7.53. The van der Waals surface area contributed by atoms with Crippen molar-refractivity contribution in [2.75, 3.05) is 7.05 Å². The molecule has 21 heavy (non-hydrogen) atoms. The summed E-state index contributed by atoms with van der Waals surface area (Å²) >= 11 is 1.57. The van der Waals surface area contributed by atoms with E-state index in [9.17, 15) is 9.90 Å². The van der Waals surface area contributed by atoms with E-state index in [0.29, 0.717) is 13.0 Å². The maximum absolute atomic E-state index is 12.3. The van der Waals surface area contributed by atoms with Crippen LogP contribution in [0.3, 0.4) is 0 Å². The fraction of sp³-hybridized carbons (Fsp3) is 0.333. The van der Waals surface area contributed by atoms with Gasteiger partial charge in [0.05, 0.1) is 23.3 Å². The minimum Gasteiger partial charge on any atom is -0.508 e. The lowest BCUT2D eigenvalue weighted by molar-refractivity contribution is -0.131. The number of amides is 1. The van der Waals surface area contributed by atoms with Crippen molar-refractivity contribution in [2.24, 2.45) is 5.73 Å². The summed E-state index contributed by atoms with van der Waals surface area (Å²) in [6.07, 6.45) is 0.444. The molecule has 2 aromatic rings. The quantitative estimate of drug-likeness (QED) is 0.881. The molecule has 1 amide bonds. The van der Waals surface area contributed by atoms with Crippen LogP contribution in [0.1, 0.15) is 16.3 Å². The Morgan fingerprint density at radius 3 is 2.67 bits per heavy atom. The summed E-state index contributed by atoms with van der Waals surface area (Å²) in [7, 11) is 1.73. The molecule has 0 aliphatic rings. The molecule has 3 N–H and O–H groups in total. The van der Waals surface area contributed by atoms with Gasteiger partial charge in [0.2, 0.25) is 5.91 Å². The lowest BCUT2D eigenvalue weighted by atomic mass is 10.1. The molecule has 6 heteroatoms. The Hall–Kier alpha value is -1.92. The van der Waals surface area contributed by atoms with Gasteiger partial charge in [-0.2, -0.15) is 0 Å². The van der Waals surface area contributed by atoms with Crippen molar-refractivity contribution in [1.82, 2.24) is 9.88 Å². The zero-order valence-electron chi connectivity index (χ0n) is 12.1. The number of thiazole rings is 1. The highest BCUT2D eigenvalue weighted by atomic mass is 32.1. The molecule has 0 saturated heterocycles. The molecule has 0 saturated carbocycles. The van der Waals surface area contributed by atoms with Crippen LogP contribution in [0.5, 0.6) is 5.75 Å². The largest absolute Gasteiger partial charge is 0.508 e.